The van der Waals surface area contributed by atoms with Gasteiger partial charge in [0.1, 0.15) is 17.1 Å². The SMILES string of the molecule is COC(=O)Nc1ccnc(Nc2cc(N3CC[C@@](C#N)(C4CC4)C3=O)ccn2)c1. The smallest absolute Gasteiger partial charge is 0.411 e. The summed E-state index contributed by atoms with van der Waals surface area (Å²) in [5.41, 5.74) is 0.323. The Morgan fingerprint density at radius 1 is 1.28 bits per heavy atom. The van der Waals surface area contributed by atoms with Crippen molar-refractivity contribution in [1.82, 2.24) is 9.97 Å². The van der Waals surface area contributed by atoms with Crippen LogP contribution in [0.15, 0.2) is 36.7 Å². The minimum absolute atomic E-state index is 0.123. The van der Waals surface area contributed by atoms with Crippen LogP contribution in [-0.4, -0.2) is 35.6 Å². The molecule has 2 fully saturated rings. The van der Waals surface area contributed by atoms with Crippen LogP contribution in [0.5, 0.6) is 0 Å². The number of nitrogens with one attached hydrogen (secondary N) is 2. The Morgan fingerprint density at radius 3 is 2.69 bits per heavy atom. The van der Waals surface area contributed by atoms with Gasteiger partial charge < -0.3 is 15.0 Å². The van der Waals surface area contributed by atoms with Crippen LogP contribution < -0.4 is 15.5 Å². The lowest BCUT2D eigenvalue weighted by atomic mass is 9.83. The zero-order valence-electron chi connectivity index (χ0n) is 15.9. The molecule has 0 bridgehead atoms. The number of nitrogens with zero attached hydrogens (tertiary/aromatic N) is 4. The molecule has 0 unspecified atom stereocenters. The standard InChI is InChI=1S/C20H20N6O3/c1-29-19(28)24-14-4-7-22-16(10-14)25-17-11-15(5-8-23-17)26-9-6-20(12-21,18(26)27)13-2-3-13/h4-5,7-8,10-11,13H,2-3,6,9H2,1H3,(H2,22,23,24,25,28)/t20-/m1/s1. The first-order valence-electron chi connectivity index (χ1n) is 9.33. The number of amides is 2. The molecule has 3 heterocycles. The van der Waals surface area contributed by atoms with Crippen molar-refractivity contribution < 1.29 is 14.3 Å². The molecule has 9 nitrogen and oxygen atoms in total. The lowest BCUT2D eigenvalue weighted by Crippen LogP contribution is -2.35. The lowest BCUT2D eigenvalue weighted by molar-refractivity contribution is -0.123. The fourth-order valence-electron chi connectivity index (χ4n) is 3.67. The van der Waals surface area contributed by atoms with Crippen LogP contribution in [0.2, 0.25) is 0 Å². The largest absolute Gasteiger partial charge is 0.453 e. The molecule has 2 aromatic rings. The molecule has 2 aromatic heterocycles. The molecule has 2 amide bonds. The third-order valence-corrected chi connectivity index (χ3v) is 5.33. The second-order valence-corrected chi connectivity index (χ2v) is 7.13. The molecule has 1 atom stereocenters. The highest BCUT2D eigenvalue weighted by atomic mass is 16.5. The Hall–Kier alpha value is -3.67. The molecule has 0 radical (unpaired) electrons. The van der Waals surface area contributed by atoms with Crippen LogP contribution in [-0.2, 0) is 9.53 Å². The van der Waals surface area contributed by atoms with Gasteiger partial charge in [0.05, 0.1) is 13.2 Å². The van der Waals surface area contributed by atoms with Crippen LogP contribution in [0, 0.1) is 22.7 Å². The average Bonchev–Trinajstić information content (AvgIpc) is 3.52. The highest BCUT2D eigenvalue weighted by Crippen LogP contribution is 2.51. The van der Waals surface area contributed by atoms with Gasteiger partial charge in [0.2, 0.25) is 5.91 Å². The van der Waals surface area contributed by atoms with Crippen molar-refractivity contribution in [3.05, 3.63) is 36.7 Å². The summed E-state index contributed by atoms with van der Waals surface area (Å²) in [6.45, 7) is 0.517. The number of rotatable bonds is 5. The number of pyridine rings is 2. The van der Waals surface area contributed by atoms with Gasteiger partial charge in [-0.05, 0) is 37.3 Å². The fraction of sp³-hybridized carbons (Fsp3) is 0.350. The Bertz CT molecular complexity index is 1000. The molecular formula is C20H20N6O3. The van der Waals surface area contributed by atoms with Gasteiger partial charge in [-0.15, -0.1) is 0 Å². The van der Waals surface area contributed by atoms with Crippen molar-refractivity contribution in [2.75, 3.05) is 29.2 Å². The second-order valence-electron chi connectivity index (χ2n) is 7.13. The molecule has 2 N–H and O–H groups in total. The van der Waals surface area contributed by atoms with Crippen molar-refractivity contribution in [2.24, 2.45) is 11.3 Å². The fourth-order valence-corrected chi connectivity index (χ4v) is 3.67. The third-order valence-electron chi connectivity index (χ3n) is 5.33. The highest BCUT2D eigenvalue weighted by Gasteiger charge is 2.56. The third kappa shape index (κ3) is 3.57. The minimum Gasteiger partial charge on any atom is -0.453 e. The van der Waals surface area contributed by atoms with E-state index in [0.717, 1.165) is 12.8 Å². The number of hydrogen-bond acceptors (Lipinski definition) is 7. The van der Waals surface area contributed by atoms with Crippen molar-refractivity contribution in [3.63, 3.8) is 0 Å². The van der Waals surface area contributed by atoms with Gasteiger partial charge in [0.15, 0.2) is 0 Å². The summed E-state index contributed by atoms with van der Waals surface area (Å²) in [5, 5.41) is 15.3. The predicted octanol–water partition coefficient (Wildman–Crippen LogP) is 3.06. The molecule has 2 aliphatic rings. The van der Waals surface area contributed by atoms with Crippen LogP contribution in [0.4, 0.5) is 27.8 Å². The van der Waals surface area contributed by atoms with Gasteiger partial charge in [-0.3, -0.25) is 10.1 Å². The molecule has 148 valence electrons. The second kappa shape index (κ2) is 7.39. The number of methoxy groups -OCH3 is 1. The van der Waals surface area contributed by atoms with Crippen LogP contribution in [0.3, 0.4) is 0 Å². The summed E-state index contributed by atoms with van der Waals surface area (Å²) in [6, 6.07) is 9.07. The minimum atomic E-state index is -0.883. The zero-order chi connectivity index (χ0) is 20.4. The molecule has 29 heavy (non-hydrogen) atoms. The average molecular weight is 392 g/mol. The van der Waals surface area contributed by atoms with E-state index in [1.165, 1.54) is 7.11 Å². The van der Waals surface area contributed by atoms with Gasteiger partial charge in [0.25, 0.3) is 0 Å². The molecule has 0 spiro atoms. The van der Waals surface area contributed by atoms with Gasteiger partial charge in [-0.1, -0.05) is 0 Å². The maximum atomic E-state index is 13.0. The highest BCUT2D eigenvalue weighted by molar-refractivity contribution is 6.02. The van der Waals surface area contributed by atoms with Gasteiger partial charge in [-0.2, -0.15) is 5.26 Å². The van der Waals surface area contributed by atoms with Gasteiger partial charge in [-0.25, -0.2) is 14.8 Å². The van der Waals surface area contributed by atoms with Crippen LogP contribution in [0.1, 0.15) is 19.3 Å². The summed E-state index contributed by atoms with van der Waals surface area (Å²) in [7, 11) is 1.29. The van der Waals surface area contributed by atoms with Gasteiger partial charge >= 0.3 is 6.09 Å². The van der Waals surface area contributed by atoms with E-state index in [-0.39, 0.29) is 11.8 Å². The first-order chi connectivity index (χ1) is 14.1. The van der Waals surface area contributed by atoms with E-state index in [9.17, 15) is 14.9 Å². The first kappa shape index (κ1) is 18.7. The molecule has 1 saturated heterocycles. The van der Waals surface area contributed by atoms with E-state index in [1.807, 2.05) is 0 Å². The molecule has 1 aliphatic heterocycles. The van der Waals surface area contributed by atoms with Gasteiger partial charge in [0, 0.05) is 42.4 Å². The van der Waals surface area contributed by atoms with Crippen LogP contribution in [0.25, 0.3) is 0 Å². The maximum Gasteiger partial charge on any atom is 0.411 e. The molecular weight excluding hydrogens is 372 g/mol. The lowest BCUT2D eigenvalue weighted by Gasteiger charge is -2.21. The predicted molar refractivity (Wildman–Crippen MR) is 106 cm³/mol. The number of carbonyl (C=O) groups is 2. The van der Waals surface area contributed by atoms with Crippen molar-refractivity contribution in [3.8, 4) is 6.07 Å². The Labute approximate surface area is 167 Å². The molecule has 4 rings (SSSR count). The summed E-state index contributed by atoms with van der Waals surface area (Å²) >= 11 is 0. The van der Waals surface area contributed by atoms with E-state index >= 15 is 0 Å². The van der Waals surface area contributed by atoms with Crippen molar-refractivity contribution >= 4 is 35.0 Å². The first-order valence-corrected chi connectivity index (χ1v) is 9.33. The van der Waals surface area contributed by atoms with Crippen molar-refractivity contribution in [1.29, 1.82) is 5.26 Å². The Balaban J connectivity index is 1.52. The monoisotopic (exact) mass is 392 g/mol. The normalized spacial score (nSPS) is 20.8. The van der Waals surface area contributed by atoms with E-state index < -0.39 is 11.5 Å². The Morgan fingerprint density at radius 2 is 2.00 bits per heavy atom. The topological polar surface area (TPSA) is 120 Å². The number of hydrogen-bond donors (Lipinski definition) is 2. The number of nitriles is 1. The summed E-state index contributed by atoms with van der Waals surface area (Å²) < 4.78 is 4.58. The van der Waals surface area contributed by atoms with E-state index in [4.69, 9.17) is 0 Å². The van der Waals surface area contributed by atoms with E-state index in [0.29, 0.717) is 36.0 Å². The van der Waals surface area contributed by atoms with E-state index in [2.05, 4.69) is 31.4 Å². The summed E-state index contributed by atoms with van der Waals surface area (Å²) in [4.78, 5) is 34.5. The quantitative estimate of drug-likeness (QED) is 0.802. The van der Waals surface area contributed by atoms with Crippen molar-refractivity contribution in [2.45, 2.75) is 19.3 Å². The number of aromatic nitrogens is 2. The maximum absolute atomic E-state index is 13.0. The number of anilines is 4. The molecule has 9 heteroatoms. The number of ether oxygens (including phenoxy) is 1. The van der Waals surface area contributed by atoms with E-state index in [1.54, 1.807) is 41.6 Å². The summed E-state index contributed by atoms with van der Waals surface area (Å²) in [6.07, 6.45) is 5.01. The zero-order valence-corrected chi connectivity index (χ0v) is 15.9. The number of carbonyl (C=O) groups excluding carboxylic acids is 2. The molecule has 1 saturated carbocycles. The summed E-state index contributed by atoms with van der Waals surface area (Å²) in [5.74, 6) is 1.03. The molecule has 0 aromatic carbocycles. The molecule has 1 aliphatic carbocycles. The van der Waals surface area contributed by atoms with Crippen LogP contribution >= 0.6 is 0 Å². The Kier molecular flexibility index (Phi) is 4.76.